The van der Waals surface area contributed by atoms with Gasteiger partial charge in [-0.15, -0.1) is 0 Å². The first-order valence-electron chi connectivity index (χ1n) is 6.33. The van der Waals surface area contributed by atoms with Crippen molar-refractivity contribution in [3.63, 3.8) is 0 Å². The number of carbonyl (C=O) groups is 1. The zero-order valence-corrected chi connectivity index (χ0v) is 9.92. The van der Waals surface area contributed by atoms with Crippen LogP contribution in [-0.4, -0.2) is 11.9 Å². The third-order valence-electron chi connectivity index (χ3n) is 3.31. The lowest BCUT2D eigenvalue weighted by molar-refractivity contribution is 0.0929. The molecular weight excluding hydrogens is 217 g/mol. The van der Waals surface area contributed by atoms with Crippen LogP contribution >= 0.6 is 0 Å². The average Bonchev–Trinajstić information content (AvgIpc) is 2.58. The molecule has 1 aliphatic rings. The van der Waals surface area contributed by atoms with Crippen LogP contribution in [0.4, 0.5) is 4.39 Å². The van der Waals surface area contributed by atoms with E-state index in [0.717, 1.165) is 25.7 Å². The van der Waals surface area contributed by atoms with Gasteiger partial charge in [0.25, 0.3) is 5.91 Å². The molecule has 1 saturated carbocycles. The summed E-state index contributed by atoms with van der Waals surface area (Å²) in [6.07, 6.45) is 6.82. The summed E-state index contributed by atoms with van der Waals surface area (Å²) in [5, 5.41) is 2.94. The van der Waals surface area contributed by atoms with Gasteiger partial charge in [-0.05, 0) is 25.0 Å². The molecule has 92 valence electrons. The highest BCUT2D eigenvalue weighted by molar-refractivity contribution is 5.94. The van der Waals surface area contributed by atoms with Crippen molar-refractivity contribution >= 4 is 5.91 Å². The normalized spacial score (nSPS) is 17.5. The van der Waals surface area contributed by atoms with Gasteiger partial charge in [0.15, 0.2) is 0 Å². The van der Waals surface area contributed by atoms with Crippen molar-refractivity contribution < 1.29 is 9.18 Å². The highest BCUT2D eigenvalue weighted by atomic mass is 19.1. The maximum Gasteiger partial charge on any atom is 0.254 e. The molecule has 1 amide bonds. The molecule has 0 bridgehead atoms. The minimum atomic E-state index is -0.446. The summed E-state index contributed by atoms with van der Waals surface area (Å²) in [5.41, 5.74) is 0.150. The Bertz CT molecular complexity index is 384. The third-order valence-corrected chi connectivity index (χ3v) is 3.31. The van der Waals surface area contributed by atoms with E-state index in [0.29, 0.717) is 0 Å². The largest absolute Gasteiger partial charge is 0.349 e. The molecule has 1 aromatic carbocycles. The van der Waals surface area contributed by atoms with E-state index in [1.807, 2.05) is 0 Å². The molecule has 0 unspecified atom stereocenters. The molecule has 1 N–H and O–H groups in total. The summed E-state index contributed by atoms with van der Waals surface area (Å²) in [6, 6.07) is 6.34. The first kappa shape index (κ1) is 12.1. The molecule has 2 nitrogen and oxygen atoms in total. The predicted octanol–water partition coefficient (Wildman–Crippen LogP) is 3.28. The summed E-state index contributed by atoms with van der Waals surface area (Å²) < 4.78 is 13.4. The van der Waals surface area contributed by atoms with Gasteiger partial charge >= 0.3 is 0 Å². The van der Waals surface area contributed by atoms with Crippen LogP contribution in [0.1, 0.15) is 48.9 Å². The fraction of sp³-hybridized carbons (Fsp3) is 0.500. The molecule has 3 heteroatoms. The lowest BCUT2D eigenvalue weighted by Gasteiger charge is -2.16. The van der Waals surface area contributed by atoms with E-state index in [2.05, 4.69) is 5.32 Å². The van der Waals surface area contributed by atoms with E-state index in [1.54, 1.807) is 12.1 Å². The van der Waals surface area contributed by atoms with Crippen molar-refractivity contribution in [3.8, 4) is 0 Å². The van der Waals surface area contributed by atoms with E-state index in [-0.39, 0.29) is 17.5 Å². The van der Waals surface area contributed by atoms with Crippen LogP contribution in [0, 0.1) is 5.82 Å². The van der Waals surface area contributed by atoms with Crippen molar-refractivity contribution in [2.45, 2.75) is 44.6 Å². The van der Waals surface area contributed by atoms with Gasteiger partial charge in [0.1, 0.15) is 5.82 Å². The second-order valence-electron chi connectivity index (χ2n) is 4.64. The number of benzene rings is 1. The summed E-state index contributed by atoms with van der Waals surface area (Å²) in [7, 11) is 0. The van der Waals surface area contributed by atoms with Gasteiger partial charge in [-0.1, -0.05) is 37.8 Å². The van der Waals surface area contributed by atoms with Crippen molar-refractivity contribution in [1.29, 1.82) is 0 Å². The SMILES string of the molecule is O=C(NC1CCCCCC1)c1ccccc1F. The van der Waals surface area contributed by atoms with E-state index in [4.69, 9.17) is 0 Å². The monoisotopic (exact) mass is 235 g/mol. The maximum atomic E-state index is 13.4. The summed E-state index contributed by atoms with van der Waals surface area (Å²) in [6.45, 7) is 0. The predicted molar refractivity (Wildman–Crippen MR) is 65.4 cm³/mol. The molecule has 2 rings (SSSR count). The second kappa shape index (κ2) is 5.80. The minimum Gasteiger partial charge on any atom is -0.349 e. The molecule has 0 aromatic heterocycles. The van der Waals surface area contributed by atoms with E-state index >= 15 is 0 Å². The zero-order valence-electron chi connectivity index (χ0n) is 9.92. The fourth-order valence-corrected chi connectivity index (χ4v) is 2.33. The number of hydrogen-bond donors (Lipinski definition) is 1. The second-order valence-corrected chi connectivity index (χ2v) is 4.64. The molecule has 0 spiro atoms. The number of hydrogen-bond acceptors (Lipinski definition) is 1. The summed E-state index contributed by atoms with van der Waals surface area (Å²) in [4.78, 5) is 11.9. The number of carbonyl (C=O) groups excluding carboxylic acids is 1. The molecular formula is C14H18FNO. The first-order valence-corrected chi connectivity index (χ1v) is 6.33. The van der Waals surface area contributed by atoms with Gasteiger partial charge in [-0.25, -0.2) is 4.39 Å². The summed E-state index contributed by atoms with van der Waals surface area (Å²) >= 11 is 0. The fourth-order valence-electron chi connectivity index (χ4n) is 2.33. The average molecular weight is 235 g/mol. The maximum absolute atomic E-state index is 13.4. The minimum absolute atomic E-state index is 0.150. The van der Waals surface area contributed by atoms with Crippen molar-refractivity contribution in [2.75, 3.05) is 0 Å². The Balaban J connectivity index is 1.98. The highest BCUT2D eigenvalue weighted by Gasteiger charge is 2.17. The quantitative estimate of drug-likeness (QED) is 0.783. The molecule has 17 heavy (non-hydrogen) atoms. The molecule has 0 atom stereocenters. The summed E-state index contributed by atoms with van der Waals surface area (Å²) in [5.74, 6) is -0.728. The molecule has 0 radical (unpaired) electrons. The van der Waals surface area contributed by atoms with Crippen LogP contribution in [0.3, 0.4) is 0 Å². The lowest BCUT2D eigenvalue weighted by Crippen LogP contribution is -2.34. The Kier molecular flexibility index (Phi) is 4.13. The molecule has 0 aliphatic heterocycles. The Morgan fingerprint density at radius 1 is 1.12 bits per heavy atom. The zero-order chi connectivity index (χ0) is 12.1. The number of rotatable bonds is 2. The van der Waals surface area contributed by atoms with Crippen LogP contribution in [0.5, 0.6) is 0 Å². The van der Waals surface area contributed by atoms with Gasteiger partial charge < -0.3 is 5.32 Å². The first-order chi connectivity index (χ1) is 8.27. The van der Waals surface area contributed by atoms with Crippen LogP contribution in [0.15, 0.2) is 24.3 Å². The van der Waals surface area contributed by atoms with Crippen molar-refractivity contribution in [3.05, 3.63) is 35.6 Å². The molecule has 0 saturated heterocycles. The number of amides is 1. The topological polar surface area (TPSA) is 29.1 Å². The Labute approximate surface area is 101 Å². The lowest BCUT2D eigenvalue weighted by atomic mass is 10.1. The Morgan fingerprint density at radius 3 is 2.41 bits per heavy atom. The highest BCUT2D eigenvalue weighted by Crippen LogP contribution is 2.18. The van der Waals surface area contributed by atoms with E-state index < -0.39 is 5.82 Å². The number of halogens is 1. The van der Waals surface area contributed by atoms with Gasteiger partial charge in [-0.3, -0.25) is 4.79 Å². The van der Waals surface area contributed by atoms with Crippen molar-refractivity contribution in [1.82, 2.24) is 5.32 Å². The molecule has 1 fully saturated rings. The van der Waals surface area contributed by atoms with Gasteiger partial charge in [0.2, 0.25) is 0 Å². The third kappa shape index (κ3) is 3.29. The van der Waals surface area contributed by atoms with Gasteiger partial charge in [-0.2, -0.15) is 0 Å². The van der Waals surface area contributed by atoms with Crippen LogP contribution < -0.4 is 5.32 Å². The van der Waals surface area contributed by atoms with Crippen LogP contribution in [0.25, 0.3) is 0 Å². The van der Waals surface area contributed by atoms with Crippen molar-refractivity contribution in [2.24, 2.45) is 0 Å². The van der Waals surface area contributed by atoms with Gasteiger partial charge in [0, 0.05) is 6.04 Å². The molecule has 0 heterocycles. The van der Waals surface area contributed by atoms with Gasteiger partial charge in [0.05, 0.1) is 5.56 Å². The smallest absolute Gasteiger partial charge is 0.254 e. The Morgan fingerprint density at radius 2 is 1.76 bits per heavy atom. The van der Waals surface area contributed by atoms with Crippen LogP contribution in [-0.2, 0) is 0 Å². The molecule has 1 aromatic rings. The Hall–Kier alpha value is -1.38. The van der Waals surface area contributed by atoms with E-state index in [9.17, 15) is 9.18 Å². The number of nitrogens with one attached hydrogen (secondary N) is 1. The van der Waals surface area contributed by atoms with E-state index in [1.165, 1.54) is 25.0 Å². The van der Waals surface area contributed by atoms with Crippen LogP contribution in [0.2, 0.25) is 0 Å². The molecule has 1 aliphatic carbocycles. The standard InChI is InChI=1S/C14H18FNO/c15-13-10-6-5-9-12(13)14(17)16-11-7-3-1-2-4-8-11/h5-6,9-11H,1-4,7-8H2,(H,16,17).